The Hall–Kier alpha value is -3.53. The molecule has 36 heavy (non-hydrogen) atoms. The van der Waals surface area contributed by atoms with E-state index in [9.17, 15) is 18.0 Å². The number of amides is 1. The van der Waals surface area contributed by atoms with E-state index in [4.69, 9.17) is 21.1 Å². The molecule has 0 bridgehead atoms. The number of halogens is 4. The largest absolute Gasteiger partial charge is 0.493 e. The molecule has 0 spiro atoms. The molecule has 4 unspecified atom stereocenters. The Labute approximate surface area is 207 Å². The fourth-order valence-corrected chi connectivity index (χ4v) is 5.83. The predicted molar refractivity (Wildman–Crippen MR) is 123 cm³/mol. The van der Waals surface area contributed by atoms with E-state index in [2.05, 4.69) is 20.3 Å². The first-order chi connectivity index (χ1) is 17.3. The maximum Gasteiger partial charge on any atom is 0.417 e. The number of hydrogen-bond donors (Lipinski definition) is 2. The third-order valence-corrected chi connectivity index (χ3v) is 7.60. The molecule has 0 radical (unpaired) electrons. The van der Waals surface area contributed by atoms with Gasteiger partial charge in [0.25, 0.3) is 0 Å². The van der Waals surface area contributed by atoms with Crippen LogP contribution >= 0.6 is 11.6 Å². The number of anilines is 1. The molecule has 4 aliphatic rings. The number of imidazole rings is 1. The zero-order valence-corrected chi connectivity index (χ0v) is 19.3. The number of rotatable bonds is 3. The zero-order chi connectivity index (χ0) is 24.8. The van der Waals surface area contributed by atoms with Crippen molar-refractivity contribution in [1.29, 1.82) is 0 Å². The number of alkyl halides is 3. The fourth-order valence-electron chi connectivity index (χ4n) is 5.56. The van der Waals surface area contributed by atoms with Crippen molar-refractivity contribution in [2.24, 2.45) is 11.8 Å². The van der Waals surface area contributed by atoms with Crippen LogP contribution < -0.4 is 10.1 Å². The highest BCUT2D eigenvalue weighted by Gasteiger charge is 2.65. The molecule has 1 saturated heterocycles. The second kappa shape index (κ2) is 7.49. The first-order valence-electron chi connectivity index (χ1n) is 11.6. The van der Waals surface area contributed by atoms with Gasteiger partial charge < -0.3 is 19.8 Å². The summed E-state index contributed by atoms with van der Waals surface area (Å²) in [6.45, 7) is 0. The molecule has 2 N–H and O–H groups in total. The standard InChI is InChI=1S/C25H18ClF3N4O3/c26-14-9-16-15(8-13(14)25(27,28)29)31-24(32-16)21-20-12-7-10(1-3-17(12)36-22(20)21)35-18-5-6-30-23-11(18)2-4-19(34)33-23/h1,3,5-6,8-9,12,20-22H,2,4,7H2,(H,31,32)(H,30,33,34). The molecule has 1 aromatic carbocycles. The lowest BCUT2D eigenvalue weighted by atomic mass is 9.92. The van der Waals surface area contributed by atoms with E-state index in [-0.39, 0.29) is 34.8 Å². The number of benzene rings is 1. The Morgan fingerprint density at radius 3 is 2.89 bits per heavy atom. The lowest BCUT2D eigenvalue weighted by molar-refractivity contribution is -0.137. The number of carbonyl (C=O) groups excluding carboxylic acids is 1. The minimum atomic E-state index is -4.54. The minimum absolute atomic E-state index is 0.0455. The Morgan fingerprint density at radius 1 is 1.19 bits per heavy atom. The molecule has 7 nitrogen and oxygen atoms in total. The van der Waals surface area contributed by atoms with Gasteiger partial charge in [-0.1, -0.05) is 11.6 Å². The molecule has 7 rings (SSSR count). The van der Waals surface area contributed by atoms with Crippen LogP contribution in [0.2, 0.25) is 5.02 Å². The van der Waals surface area contributed by atoms with Crippen molar-refractivity contribution in [2.45, 2.75) is 37.5 Å². The van der Waals surface area contributed by atoms with Crippen LogP contribution in [0.1, 0.15) is 35.7 Å². The van der Waals surface area contributed by atoms with Gasteiger partial charge in [-0.3, -0.25) is 4.79 Å². The molecule has 1 amide bonds. The van der Waals surface area contributed by atoms with Crippen molar-refractivity contribution in [3.8, 4) is 5.75 Å². The maximum atomic E-state index is 13.2. The summed E-state index contributed by atoms with van der Waals surface area (Å²) in [5.41, 5.74) is 0.675. The van der Waals surface area contributed by atoms with Crippen LogP contribution in [-0.2, 0) is 22.1 Å². The summed E-state index contributed by atoms with van der Waals surface area (Å²) in [7, 11) is 0. The third kappa shape index (κ3) is 3.38. The monoisotopic (exact) mass is 514 g/mol. The summed E-state index contributed by atoms with van der Waals surface area (Å²) >= 11 is 5.86. The van der Waals surface area contributed by atoms with Crippen molar-refractivity contribution in [2.75, 3.05) is 5.32 Å². The molecule has 11 heteroatoms. The summed E-state index contributed by atoms with van der Waals surface area (Å²) in [6, 6.07) is 4.04. The summed E-state index contributed by atoms with van der Waals surface area (Å²) in [5, 5.41) is 2.40. The molecule has 2 fully saturated rings. The van der Waals surface area contributed by atoms with Crippen LogP contribution in [0.25, 0.3) is 11.0 Å². The van der Waals surface area contributed by atoms with Crippen molar-refractivity contribution in [3.63, 3.8) is 0 Å². The highest BCUT2D eigenvalue weighted by molar-refractivity contribution is 6.32. The summed E-state index contributed by atoms with van der Waals surface area (Å²) < 4.78 is 52.1. The lowest BCUT2D eigenvalue weighted by Gasteiger charge is -2.23. The average Bonchev–Trinajstić information content (AvgIpc) is 3.18. The molecule has 184 valence electrons. The number of H-pyrrole nitrogens is 1. The molecular formula is C25H18ClF3N4O3. The number of allylic oxidation sites excluding steroid dienone is 4. The maximum absolute atomic E-state index is 13.2. The van der Waals surface area contributed by atoms with Gasteiger partial charge in [-0.2, -0.15) is 13.2 Å². The van der Waals surface area contributed by atoms with E-state index in [1.165, 1.54) is 6.07 Å². The Morgan fingerprint density at radius 2 is 2.06 bits per heavy atom. The van der Waals surface area contributed by atoms with Gasteiger partial charge in [0, 0.05) is 36.4 Å². The number of hydrogen-bond acceptors (Lipinski definition) is 5. The van der Waals surface area contributed by atoms with Gasteiger partial charge in [-0.05, 0) is 36.8 Å². The van der Waals surface area contributed by atoms with Crippen molar-refractivity contribution >= 4 is 34.4 Å². The first-order valence-corrected chi connectivity index (χ1v) is 11.9. The Balaban J connectivity index is 1.11. The first kappa shape index (κ1) is 21.7. The lowest BCUT2D eigenvalue weighted by Crippen LogP contribution is -2.21. The molecule has 3 aromatic rings. The number of nitrogens with zero attached hydrogens (tertiary/aromatic N) is 2. The number of nitrogens with one attached hydrogen (secondary N) is 2. The number of aromatic amines is 1. The Bertz CT molecular complexity index is 1510. The number of ether oxygens (including phenoxy) is 2. The summed E-state index contributed by atoms with van der Waals surface area (Å²) in [5.74, 6) is 3.58. The van der Waals surface area contributed by atoms with Gasteiger partial charge in [0.15, 0.2) is 0 Å². The van der Waals surface area contributed by atoms with Gasteiger partial charge >= 0.3 is 6.18 Å². The minimum Gasteiger partial charge on any atom is -0.493 e. The second-order valence-electron chi connectivity index (χ2n) is 9.45. The normalized spacial score (nSPS) is 26.3. The van der Waals surface area contributed by atoms with Crippen molar-refractivity contribution < 1.29 is 27.4 Å². The molecule has 2 aliphatic carbocycles. The molecular weight excluding hydrogens is 497 g/mol. The number of fused-ring (bicyclic) bond motifs is 5. The quantitative estimate of drug-likeness (QED) is 0.482. The van der Waals surface area contributed by atoms with Crippen molar-refractivity contribution in [3.05, 3.63) is 70.0 Å². The van der Waals surface area contributed by atoms with Gasteiger partial charge in [0.2, 0.25) is 5.91 Å². The third-order valence-electron chi connectivity index (χ3n) is 7.29. The van der Waals surface area contributed by atoms with E-state index in [0.717, 1.165) is 23.1 Å². The van der Waals surface area contributed by atoms with Crippen LogP contribution in [-0.4, -0.2) is 27.0 Å². The van der Waals surface area contributed by atoms with Gasteiger partial charge in [-0.15, -0.1) is 0 Å². The number of carbonyl (C=O) groups is 1. The highest BCUT2D eigenvalue weighted by atomic mass is 35.5. The molecule has 4 heterocycles. The zero-order valence-electron chi connectivity index (χ0n) is 18.5. The smallest absolute Gasteiger partial charge is 0.417 e. The van der Waals surface area contributed by atoms with Crippen LogP contribution in [0.15, 0.2) is 48.1 Å². The van der Waals surface area contributed by atoms with E-state index in [0.29, 0.717) is 47.7 Å². The molecule has 4 atom stereocenters. The molecule has 1 saturated carbocycles. The second-order valence-corrected chi connectivity index (χ2v) is 9.86. The van der Waals surface area contributed by atoms with Crippen molar-refractivity contribution in [1.82, 2.24) is 15.0 Å². The van der Waals surface area contributed by atoms with Gasteiger partial charge in [0.1, 0.15) is 35.0 Å². The Kier molecular flexibility index (Phi) is 4.52. The van der Waals surface area contributed by atoms with Gasteiger partial charge in [-0.25, -0.2) is 9.97 Å². The van der Waals surface area contributed by atoms with E-state index in [1.807, 2.05) is 12.2 Å². The van der Waals surface area contributed by atoms with Crippen LogP contribution in [0, 0.1) is 11.8 Å². The van der Waals surface area contributed by atoms with E-state index < -0.39 is 11.7 Å². The van der Waals surface area contributed by atoms with E-state index >= 15 is 0 Å². The summed E-state index contributed by atoms with van der Waals surface area (Å²) in [4.78, 5) is 23.5. The molecule has 2 aliphatic heterocycles. The molecule has 2 aromatic heterocycles. The van der Waals surface area contributed by atoms with Gasteiger partial charge in [0.05, 0.1) is 27.5 Å². The number of pyridine rings is 1. The van der Waals surface area contributed by atoms with Crippen LogP contribution in [0.4, 0.5) is 19.0 Å². The van der Waals surface area contributed by atoms with Crippen LogP contribution in [0.5, 0.6) is 5.75 Å². The SMILES string of the molecule is O=C1CCc2c(OC3=CC=C4OC5C(c6nc7cc(Cl)c(C(F)(F)F)cc7[nH]6)C5C4C3)ccnc2N1. The fraction of sp³-hybridized carbons (Fsp3) is 0.320. The summed E-state index contributed by atoms with van der Waals surface area (Å²) in [6.07, 6.45) is 2.34. The van der Waals surface area contributed by atoms with Crippen LogP contribution in [0.3, 0.4) is 0 Å². The average molecular weight is 515 g/mol. The van der Waals surface area contributed by atoms with E-state index in [1.54, 1.807) is 12.3 Å². The topological polar surface area (TPSA) is 89.1 Å². The predicted octanol–water partition coefficient (Wildman–Crippen LogP) is 5.49. The number of aromatic nitrogens is 3. The highest BCUT2D eigenvalue weighted by Crippen LogP contribution is 2.63.